The van der Waals surface area contributed by atoms with Crippen LogP contribution in [-0.4, -0.2) is 16.0 Å². The van der Waals surface area contributed by atoms with Crippen molar-refractivity contribution in [3.8, 4) is 11.5 Å². The molecule has 6 heteroatoms. The molecule has 6 nitrogen and oxygen atoms in total. The first-order valence-corrected chi connectivity index (χ1v) is 9.44. The molecule has 1 unspecified atom stereocenters. The number of allylic oxidation sites excluding steroid dienone is 2. The monoisotopic (exact) mass is 375 g/mol. The van der Waals surface area contributed by atoms with Gasteiger partial charge in [0, 0.05) is 34.7 Å². The number of carbonyl (C=O) groups excluding carboxylic acids is 1. The Bertz CT molecular complexity index is 1080. The van der Waals surface area contributed by atoms with E-state index in [9.17, 15) is 15.0 Å². The molecule has 1 atom stereocenters. The maximum atomic E-state index is 13.2. The molecule has 142 valence electrons. The number of rotatable bonds is 1. The van der Waals surface area contributed by atoms with E-state index in [0.717, 1.165) is 11.3 Å². The first-order chi connectivity index (χ1) is 13.4. The number of benzene rings is 2. The van der Waals surface area contributed by atoms with Crippen LogP contribution >= 0.6 is 0 Å². The number of ketones is 1. The van der Waals surface area contributed by atoms with E-state index >= 15 is 0 Å². The number of phenols is 2. The Balaban J connectivity index is 1.82. The van der Waals surface area contributed by atoms with E-state index in [0.29, 0.717) is 40.9 Å². The van der Waals surface area contributed by atoms with Crippen LogP contribution in [0.15, 0.2) is 51.8 Å². The lowest BCUT2D eigenvalue weighted by Crippen LogP contribution is -2.34. The fourth-order valence-corrected chi connectivity index (χ4v) is 4.68. The zero-order valence-corrected chi connectivity index (χ0v) is 15.8. The largest absolute Gasteiger partial charge is 0.507 e. The van der Waals surface area contributed by atoms with Crippen molar-refractivity contribution in [2.75, 3.05) is 5.32 Å². The molecule has 0 radical (unpaired) electrons. The van der Waals surface area contributed by atoms with Gasteiger partial charge in [0.2, 0.25) is 0 Å². The minimum Gasteiger partial charge on any atom is -0.507 e. The lowest BCUT2D eigenvalue weighted by molar-refractivity contribution is -0.118. The van der Waals surface area contributed by atoms with Crippen molar-refractivity contribution in [1.29, 1.82) is 0 Å². The average molecular weight is 375 g/mol. The van der Waals surface area contributed by atoms with Crippen LogP contribution in [-0.2, 0) is 11.3 Å². The Morgan fingerprint density at radius 1 is 1.11 bits per heavy atom. The highest BCUT2D eigenvalue weighted by atomic mass is 16.3. The van der Waals surface area contributed by atoms with Gasteiger partial charge in [-0.05, 0) is 17.4 Å². The Morgan fingerprint density at radius 2 is 1.86 bits per heavy atom. The molecule has 0 saturated heterocycles. The van der Waals surface area contributed by atoms with Gasteiger partial charge in [0.1, 0.15) is 11.4 Å². The van der Waals surface area contributed by atoms with Crippen LogP contribution in [0, 0.1) is 5.41 Å². The molecule has 3 aliphatic rings. The maximum Gasteiger partial charge on any atom is 0.167 e. The second-order valence-corrected chi connectivity index (χ2v) is 8.51. The van der Waals surface area contributed by atoms with Gasteiger partial charge in [-0.15, -0.1) is 0 Å². The molecule has 1 aliphatic carbocycles. The molecular formula is C22H21N3O3. The molecule has 2 aromatic rings. The van der Waals surface area contributed by atoms with Crippen molar-refractivity contribution in [3.05, 3.63) is 58.3 Å². The highest BCUT2D eigenvalue weighted by Crippen LogP contribution is 2.58. The number of anilines is 1. The predicted octanol–water partition coefficient (Wildman–Crippen LogP) is 4.90. The molecule has 0 aromatic heterocycles. The maximum absolute atomic E-state index is 13.2. The van der Waals surface area contributed by atoms with Gasteiger partial charge in [0.25, 0.3) is 0 Å². The summed E-state index contributed by atoms with van der Waals surface area (Å²) in [5, 5.41) is 33.2. The van der Waals surface area contributed by atoms with Gasteiger partial charge in [-0.2, -0.15) is 10.2 Å². The van der Waals surface area contributed by atoms with Gasteiger partial charge in [-0.25, -0.2) is 0 Å². The number of nitrogens with zero attached hydrogens (tertiary/aromatic N) is 2. The number of hydrogen-bond acceptors (Lipinski definition) is 6. The zero-order valence-electron chi connectivity index (χ0n) is 15.8. The fourth-order valence-electron chi connectivity index (χ4n) is 4.68. The topological polar surface area (TPSA) is 94.3 Å². The predicted molar refractivity (Wildman–Crippen MR) is 105 cm³/mol. The molecule has 2 heterocycles. The van der Waals surface area contributed by atoms with Crippen LogP contribution in [0.5, 0.6) is 11.5 Å². The van der Waals surface area contributed by atoms with Gasteiger partial charge in [-0.1, -0.05) is 44.2 Å². The van der Waals surface area contributed by atoms with Crippen molar-refractivity contribution < 1.29 is 15.0 Å². The molecule has 0 amide bonds. The van der Waals surface area contributed by atoms with E-state index in [4.69, 9.17) is 0 Å². The Labute approximate surface area is 162 Å². The van der Waals surface area contributed by atoms with Gasteiger partial charge in [0.15, 0.2) is 11.5 Å². The van der Waals surface area contributed by atoms with Gasteiger partial charge >= 0.3 is 0 Å². The van der Waals surface area contributed by atoms with Gasteiger partial charge < -0.3 is 15.5 Å². The lowest BCUT2D eigenvalue weighted by Gasteiger charge is -2.40. The van der Waals surface area contributed by atoms with Crippen molar-refractivity contribution in [1.82, 2.24) is 0 Å². The summed E-state index contributed by atoms with van der Waals surface area (Å²) in [6, 6.07) is 9.67. The third kappa shape index (κ3) is 2.30. The van der Waals surface area contributed by atoms with E-state index in [1.165, 1.54) is 0 Å². The molecule has 2 aromatic carbocycles. The van der Waals surface area contributed by atoms with Crippen LogP contribution < -0.4 is 5.32 Å². The molecule has 0 spiro atoms. The first kappa shape index (κ1) is 17.0. The highest BCUT2D eigenvalue weighted by molar-refractivity contribution is 6.03. The molecule has 2 aliphatic heterocycles. The molecule has 0 fully saturated rings. The van der Waals surface area contributed by atoms with Crippen LogP contribution in [0.25, 0.3) is 0 Å². The fraction of sp³-hybridized carbons (Fsp3) is 0.318. The van der Waals surface area contributed by atoms with Crippen LogP contribution in [0.2, 0.25) is 0 Å². The number of azo groups is 1. The SMILES string of the molecule is CC1(C)CC(=O)C2=C(C1)Nc1c(O)c3c(c(O)c1C2c1ccccc1)CN=N3. The van der Waals surface area contributed by atoms with Crippen molar-refractivity contribution in [2.24, 2.45) is 15.6 Å². The van der Waals surface area contributed by atoms with Crippen molar-refractivity contribution >= 4 is 17.2 Å². The minimum absolute atomic E-state index is 0.0210. The third-order valence-corrected chi connectivity index (χ3v) is 5.86. The van der Waals surface area contributed by atoms with Crippen molar-refractivity contribution in [2.45, 2.75) is 39.2 Å². The van der Waals surface area contributed by atoms with E-state index in [-0.39, 0.29) is 29.2 Å². The van der Waals surface area contributed by atoms with Gasteiger partial charge in [0.05, 0.1) is 12.2 Å². The number of nitrogens with one attached hydrogen (secondary N) is 1. The van der Waals surface area contributed by atoms with Crippen LogP contribution in [0.1, 0.15) is 49.3 Å². The zero-order chi connectivity index (χ0) is 19.6. The number of Topliss-reactive ketones (excluding diaryl/α,β-unsaturated/α-hetero) is 1. The average Bonchev–Trinajstić information content (AvgIpc) is 3.14. The molecular weight excluding hydrogens is 354 g/mol. The lowest BCUT2D eigenvalue weighted by atomic mass is 9.68. The second-order valence-electron chi connectivity index (χ2n) is 8.51. The van der Waals surface area contributed by atoms with E-state index in [1.807, 2.05) is 30.3 Å². The standard InChI is InChI=1S/C22H21N3O3/c1-22(2)8-13-16(14(26)9-22)15(11-6-4-3-5-7-11)17-19(24-13)21(28)18-12(20(17)27)10-23-25-18/h3-7,15,24,27-28H,8-10H2,1-2H3. The summed E-state index contributed by atoms with van der Waals surface area (Å²) >= 11 is 0. The Morgan fingerprint density at radius 3 is 2.61 bits per heavy atom. The number of aromatic hydroxyl groups is 2. The molecule has 5 rings (SSSR count). The molecule has 3 N–H and O–H groups in total. The van der Waals surface area contributed by atoms with E-state index < -0.39 is 5.92 Å². The second kappa shape index (κ2) is 5.67. The third-order valence-electron chi connectivity index (χ3n) is 5.86. The normalized spacial score (nSPS) is 21.8. The number of phenolic OH excluding ortho intramolecular Hbond substituents is 2. The Kier molecular flexibility index (Phi) is 3.44. The molecule has 0 bridgehead atoms. The smallest absolute Gasteiger partial charge is 0.167 e. The first-order valence-electron chi connectivity index (χ1n) is 9.44. The summed E-state index contributed by atoms with van der Waals surface area (Å²) in [5.74, 6) is -0.328. The van der Waals surface area contributed by atoms with E-state index in [1.54, 1.807) is 0 Å². The molecule has 28 heavy (non-hydrogen) atoms. The summed E-state index contributed by atoms with van der Waals surface area (Å²) in [5.41, 5.74) is 4.00. The Hall–Kier alpha value is -3.15. The summed E-state index contributed by atoms with van der Waals surface area (Å²) < 4.78 is 0. The summed E-state index contributed by atoms with van der Waals surface area (Å²) in [6.45, 7) is 4.35. The van der Waals surface area contributed by atoms with Crippen LogP contribution in [0.3, 0.4) is 0 Å². The number of carbonyl (C=O) groups is 1. The molecule has 0 saturated carbocycles. The number of fused-ring (bicyclic) bond motifs is 2. The van der Waals surface area contributed by atoms with Crippen molar-refractivity contribution in [3.63, 3.8) is 0 Å². The van der Waals surface area contributed by atoms with Crippen LogP contribution in [0.4, 0.5) is 11.4 Å². The summed E-state index contributed by atoms with van der Waals surface area (Å²) in [7, 11) is 0. The van der Waals surface area contributed by atoms with E-state index in [2.05, 4.69) is 29.4 Å². The summed E-state index contributed by atoms with van der Waals surface area (Å²) in [4.78, 5) is 13.2. The quantitative estimate of drug-likeness (QED) is 0.488. The van der Waals surface area contributed by atoms with Gasteiger partial charge in [-0.3, -0.25) is 4.79 Å². The summed E-state index contributed by atoms with van der Waals surface area (Å²) in [6.07, 6.45) is 1.14. The minimum atomic E-state index is -0.437. The highest BCUT2D eigenvalue weighted by Gasteiger charge is 2.43. The number of hydrogen-bond donors (Lipinski definition) is 3.